The van der Waals surface area contributed by atoms with Crippen molar-refractivity contribution in [2.75, 3.05) is 0 Å². The summed E-state index contributed by atoms with van der Waals surface area (Å²) in [5, 5.41) is 7.19. The molecule has 2 N–H and O–H groups in total. The highest BCUT2D eigenvalue weighted by Gasteiger charge is 2.29. The van der Waals surface area contributed by atoms with Crippen LogP contribution < -0.4 is 4.72 Å². The molecule has 0 radical (unpaired) electrons. The van der Waals surface area contributed by atoms with Crippen LogP contribution in [-0.4, -0.2) is 29.7 Å². The molecule has 0 fully saturated rings. The molecule has 6 nitrogen and oxygen atoms in total. The molecule has 2 unspecified atom stereocenters. The van der Waals surface area contributed by atoms with Crippen LogP contribution in [0.1, 0.15) is 25.5 Å². The van der Waals surface area contributed by atoms with Crippen LogP contribution >= 0.6 is 0 Å². The van der Waals surface area contributed by atoms with Crippen molar-refractivity contribution in [3.8, 4) is 0 Å². The van der Waals surface area contributed by atoms with E-state index in [-0.39, 0.29) is 0 Å². The Hall–Kier alpha value is -1.47. The highest BCUT2D eigenvalue weighted by molar-refractivity contribution is 7.90. The third kappa shape index (κ3) is 3.50. The third-order valence-corrected chi connectivity index (χ3v) is 4.17. The standard InChI is InChI=1S/C10H14N2O4S/c1-7(9-3-5-11-6-4-9)12-17(15,16)8(2)10(13)14/h3-8,12H,1-2H3,(H,13,14). The van der Waals surface area contributed by atoms with E-state index in [4.69, 9.17) is 5.11 Å². The van der Waals surface area contributed by atoms with E-state index in [1.54, 1.807) is 31.5 Å². The number of sulfonamides is 1. The second-order valence-corrected chi connectivity index (χ2v) is 5.68. The zero-order valence-corrected chi connectivity index (χ0v) is 10.3. The van der Waals surface area contributed by atoms with Gasteiger partial charge in [-0.1, -0.05) is 0 Å². The molecule has 2 atom stereocenters. The van der Waals surface area contributed by atoms with Crippen LogP contribution in [-0.2, 0) is 14.8 Å². The minimum atomic E-state index is -3.88. The maximum atomic E-state index is 11.6. The number of nitrogens with one attached hydrogen (secondary N) is 1. The van der Waals surface area contributed by atoms with Gasteiger partial charge >= 0.3 is 5.97 Å². The summed E-state index contributed by atoms with van der Waals surface area (Å²) < 4.78 is 25.6. The Morgan fingerprint density at radius 2 is 1.88 bits per heavy atom. The topological polar surface area (TPSA) is 96.4 Å². The van der Waals surface area contributed by atoms with Crippen LogP contribution in [0.2, 0.25) is 0 Å². The number of rotatable bonds is 5. The van der Waals surface area contributed by atoms with Crippen molar-refractivity contribution in [1.82, 2.24) is 9.71 Å². The number of hydrogen-bond acceptors (Lipinski definition) is 4. The van der Waals surface area contributed by atoms with Crippen LogP contribution in [0, 0.1) is 0 Å². The van der Waals surface area contributed by atoms with Gasteiger partial charge in [0.15, 0.2) is 5.25 Å². The first-order valence-electron chi connectivity index (χ1n) is 4.98. The summed E-state index contributed by atoms with van der Waals surface area (Å²) in [5.74, 6) is -1.38. The summed E-state index contributed by atoms with van der Waals surface area (Å²) in [6, 6.07) is 2.84. The molecule has 0 amide bonds. The molecule has 17 heavy (non-hydrogen) atoms. The van der Waals surface area contributed by atoms with Crippen molar-refractivity contribution in [2.45, 2.75) is 25.1 Å². The minimum absolute atomic E-state index is 0.496. The fraction of sp³-hybridized carbons (Fsp3) is 0.400. The Labute approximate surface area is 99.7 Å². The number of pyridine rings is 1. The predicted octanol–water partition coefficient (Wildman–Crippen LogP) is 0.535. The molecule has 94 valence electrons. The van der Waals surface area contributed by atoms with E-state index in [1.165, 1.54) is 0 Å². The van der Waals surface area contributed by atoms with Gasteiger partial charge in [0, 0.05) is 18.4 Å². The van der Waals surface area contributed by atoms with Gasteiger partial charge in [0.1, 0.15) is 0 Å². The molecule has 0 aliphatic rings. The lowest BCUT2D eigenvalue weighted by Gasteiger charge is -2.16. The van der Waals surface area contributed by atoms with Crippen LogP contribution in [0.3, 0.4) is 0 Å². The first kappa shape index (κ1) is 13.6. The van der Waals surface area contributed by atoms with E-state index in [0.29, 0.717) is 0 Å². The average molecular weight is 258 g/mol. The predicted molar refractivity (Wildman–Crippen MR) is 61.8 cm³/mol. The molecule has 7 heteroatoms. The zero-order chi connectivity index (χ0) is 13.1. The number of aliphatic carboxylic acids is 1. The largest absolute Gasteiger partial charge is 0.480 e. The van der Waals surface area contributed by atoms with Crippen molar-refractivity contribution in [1.29, 1.82) is 0 Å². The van der Waals surface area contributed by atoms with E-state index in [0.717, 1.165) is 12.5 Å². The summed E-state index contributed by atoms with van der Waals surface area (Å²) in [6.07, 6.45) is 3.08. The van der Waals surface area contributed by atoms with E-state index in [9.17, 15) is 13.2 Å². The van der Waals surface area contributed by atoms with E-state index in [1.807, 2.05) is 0 Å². The van der Waals surface area contributed by atoms with Gasteiger partial charge < -0.3 is 5.11 Å². The summed E-state index contributed by atoms with van der Waals surface area (Å²) in [5.41, 5.74) is 0.723. The third-order valence-electron chi connectivity index (χ3n) is 2.36. The van der Waals surface area contributed by atoms with Gasteiger partial charge in [-0.25, -0.2) is 13.1 Å². The lowest BCUT2D eigenvalue weighted by atomic mass is 10.1. The van der Waals surface area contributed by atoms with Gasteiger partial charge in [-0.3, -0.25) is 9.78 Å². The van der Waals surface area contributed by atoms with Gasteiger partial charge in [0.05, 0.1) is 0 Å². The molecule has 0 aliphatic carbocycles. The number of nitrogens with zero attached hydrogens (tertiary/aromatic N) is 1. The van der Waals surface area contributed by atoms with Gasteiger partial charge in [-0.15, -0.1) is 0 Å². The smallest absolute Gasteiger partial charge is 0.323 e. The molecule has 0 spiro atoms. The van der Waals surface area contributed by atoms with Crippen molar-refractivity contribution in [2.24, 2.45) is 0 Å². The normalized spacial score (nSPS) is 15.2. The van der Waals surface area contributed by atoms with Gasteiger partial charge in [0.25, 0.3) is 0 Å². The molecule has 1 aromatic heterocycles. The summed E-state index contributed by atoms with van der Waals surface area (Å²) in [6.45, 7) is 2.77. The van der Waals surface area contributed by atoms with Crippen LogP contribution in [0.25, 0.3) is 0 Å². The highest BCUT2D eigenvalue weighted by atomic mass is 32.2. The number of hydrogen-bond donors (Lipinski definition) is 2. The minimum Gasteiger partial charge on any atom is -0.480 e. The van der Waals surface area contributed by atoms with Gasteiger partial charge in [-0.2, -0.15) is 0 Å². The van der Waals surface area contributed by atoms with Crippen molar-refractivity contribution >= 4 is 16.0 Å². The Morgan fingerprint density at radius 1 is 1.35 bits per heavy atom. The number of aromatic nitrogens is 1. The molecule has 0 aromatic carbocycles. The second-order valence-electron chi connectivity index (χ2n) is 3.65. The molecule has 1 heterocycles. The molecular formula is C10H14N2O4S. The Balaban J connectivity index is 2.82. The molecule has 0 saturated carbocycles. The number of carboxylic acids is 1. The highest BCUT2D eigenvalue weighted by Crippen LogP contribution is 2.13. The number of carbonyl (C=O) groups is 1. The fourth-order valence-corrected chi connectivity index (χ4v) is 2.30. The summed E-state index contributed by atoms with van der Waals surface area (Å²) in [4.78, 5) is 14.5. The average Bonchev–Trinajstić information content (AvgIpc) is 2.28. The first-order valence-corrected chi connectivity index (χ1v) is 6.53. The molecule has 1 aromatic rings. The monoisotopic (exact) mass is 258 g/mol. The SMILES string of the molecule is CC(NS(=O)(=O)C(C)C(=O)O)c1ccncc1. The Morgan fingerprint density at radius 3 is 2.35 bits per heavy atom. The number of carboxylic acid groups (broad SMARTS) is 1. The van der Waals surface area contributed by atoms with Crippen molar-refractivity contribution in [3.63, 3.8) is 0 Å². The van der Waals surface area contributed by atoms with Gasteiger partial charge in [-0.05, 0) is 31.5 Å². The summed E-state index contributed by atoms with van der Waals surface area (Å²) in [7, 11) is -3.88. The van der Waals surface area contributed by atoms with Crippen LogP contribution in [0.5, 0.6) is 0 Å². The lowest BCUT2D eigenvalue weighted by Crippen LogP contribution is -2.38. The van der Waals surface area contributed by atoms with E-state index >= 15 is 0 Å². The quantitative estimate of drug-likeness (QED) is 0.803. The molecule has 0 aliphatic heterocycles. The first-order chi connectivity index (χ1) is 7.84. The van der Waals surface area contributed by atoms with Gasteiger partial charge in [0.2, 0.25) is 10.0 Å². The maximum Gasteiger partial charge on any atom is 0.323 e. The van der Waals surface area contributed by atoms with E-state index < -0.39 is 27.3 Å². The molecule has 0 saturated heterocycles. The molecule has 0 bridgehead atoms. The van der Waals surface area contributed by atoms with Crippen molar-refractivity contribution in [3.05, 3.63) is 30.1 Å². The van der Waals surface area contributed by atoms with E-state index in [2.05, 4.69) is 9.71 Å². The lowest BCUT2D eigenvalue weighted by molar-refractivity contribution is -0.136. The summed E-state index contributed by atoms with van der Waals surface area (Å²) >= 11 is 0. The Kier molecular flexibility index (Phi) is 4.19. The maximum absolute atomic E-state index is 11.6. The Bertz CT molecular complexity index is 486. The van der Waals surface area contributed by atoms with Crippen molar-refractivity contribution < 1.29 is 18.3 Å². The fourth-order valence-electron chi connectivity index (χ4n) is 1.20. The zero-order valence-electron chi connectivity index (χ0n) is 9.49. The second kappa shape index (κ2) is 5.24. The van der Waals surface area contributed by atoms with Crippen LogP contribution in [0.15, 0.2) is 24.5 Å². The molecular weight excluding hydrogens is 244 g/mol. The van der Waals surface area contributed by atoms with Crippen LogP contribution in [0.4, 0.5) is 0 Å². The molecule has 1 rings (SSSR count).